The zero-order valence-corrected chi connectivity index (χ0v) is 11.7. The summed E-state index contributed by atoms with van der Waals surface area (Å²) in [6.45, 7) is 2.17. The van der Waals surface area contributed by atoms with Crippen LogP contribution in [0.15, 0.2) is 36.4 Å². The molecule has 1 N–H and O–H groups in total. The van der Waals surface area contributed by atoms with Gasteiger partial charge >= 0.3 is 0 Å². The lowest BCUT2D eigenvalue weighted by atomic mass is 9.81. The van der Waals surface area contributed by atoms with Crippen molar-refractivity contribution in [1.29, 1.82) is 0 Å². The molecule has 2 aromatic rings. The van der Waals surface area contributed by atoms with Gasteiger partial charge in [0.1, 0.15) is 0 Å². The molecule has 0 spiro atoms. The van der Waals surface area contributed by atoms with Crippen LogP contribution in [0.25, 0.3) is 0 Å². The quantitative estimate of drug-likeness (QED) is 0.754. The first-order valence-electron chi connectivity index (χ1n) is 7.06. The Hall–Kier alpha value is -1.97. The second-order valence-corrected chi connectivity index (χ2v) is 5.56. The van der Waals surface area contributed by atoms with Crippen molar-refractivity contribution in [1.82, 2.24) is 0 Å². The molecular weight excluding hydrogens is 275 g/mol. The lowest BCUT2D eigenvalue weighted by molar-refractivity contribution is 0.447. The van der Waals surface area contributed by atoms with Gasteiger partial charge in [-0.15, -0.1) is 0 Å². The minimum atomic E-state index is -1.43. The van der Waals surface area contributed by atoms with Crippen LogP contribution in [0.2, 0.25) is 0 Å². The average molecular weight is 291 g/mol. The van der Waals surface area contributed by atoms with E-state index in [0.717, 1.165) is 30.5 Å². The number of halogens is 3. The molecule has 0 saturated carbocycles. The fourth-order valence-corrected chi connectivity index (χ4v) is 2.99. The van der Waals surface area contributed by atoms with Gasteiger partial charge in [0.15, 0.2) is 17.5 Å². The maximum Gasteiger partial charge on any atom is 0.194 e. The molecule has 0 radical (unpaired) electrons. The zero-order valence-electron chi connectivity index (χ0n) is 11.7. The fourth-order valence-electron chi connectivity index (χ4n) is 2.99. The number of rotatable bonds is 2. The molecule has 21 heavy (non-hydrogen) atoms. The third-order valence-electron chi connectivity index (χ3n) is 4.12. The Morgan fingerprint density at radius 1 is 0.952 bits per heavy atom. The second kappa shape index (κ2) is 5.43. The molecular formula is C17H16F3N. The molecule has 1 aliphatic rings. The van der Waals surface area contributed by atoms with Gasteiger partial charge in [0.25, 0.3) is 0 Å². The van der Waals surface area contributed by atoms with E-state index in [0.29, 0.717) is 5.92 Å². The Morgan fingerprint density at radius 3 is 2.24 bits per heavy atom. The van der Waals surface area contributed by atoms with E-state index < -0.39 is 17.5 Å². The van der Waals surface area contributed by atoms with Crippen LogP contribution in [0.3, 0.4) is 0 Å². The molecule has 0 amide bonds. The SMILES string of the molecule is CC1CCC(Nc2cc(F)c(F)c(F)c2)c2ccccc21. The van der Waals surface area contributed by atoms with Gasteiger partial charge in [0.2, 0.25) is 0 Å². The predicted molar refractivity (Wildman–Crippen MR) is 76.8 cm³/mol. The molecule has 0 aromatic heterocycles. The van der Waals surface area contributed by atoms with Crippen LogP contribution < -0.4 is 5.32 Å². The van der Waals surface area contributed by atoms with E-state index in [1.807, 2.05) is 18.2 Å². The summed E-state index contributed by atoms with van der Waals surface area (Å²) < 4.78 is 39.6. The molecule has 110 valence electrons. The van der Waals surface area contributed by atoms with Crippen molar-refractivity contribution in [2.24, 2.45) is 0 Å². The smallest absolute Gasteiger partial charge is 0.194 e. The van der Waals surface area contributed by atoms with Crippen molar-refractivity contribution >= 4 is 5.69 Å². The number of hydrogen-bond acceptors (Lipinski definition) is 1. The third-order valence-corrected chi connectivity index (χ3v) is 4.12. The zero-order chi connectivity index (χ0) is 15.0. The van der Waals surface area contributed by atoms with Gasteiger partial charge < -0.3 is 5.32 Å². The van der Waals surface area contributed by atoms with E-state index >= 15 is 0 Å². The highest BCUT2D eigenvalue weighted by molar-refractivity contribution is 5.48. The van der Waals surface area contributed by atoms with Crippen molar-refractivity contribution in [2.45, 2.75) is 31.7 Å². The summed E-state index contributed by atoms with van der Waals surface area (Å²) in [7, 11) is 0. The van der Waals surface area contributed by atoms with E-state index in [-0.39, 0.29) is 11.7 Å². The van der Waals surface area contributed by atoms with E-state index in [1.54, 1.807) is 0 Å². The topological polar surface area (TPSA) is 12.0 Å². The number of anilines is 1. The summed E-state index contributed by atoms with van der Waals surface area (Å²) in [5.74, 6) is -3.30. The largest absolute Gasteiger partial charge is 0.378 e. The summed E-state index contributed by atoms with van der Waals surface area (Å²) >= 11 is 0. The van der Waals surface area contributed by atoms with Gasteiger partial charge in [-0.1, -0.05) is 31.2 Å². The number of nitrogens with one attached hydrogen (secondary N) is 1. The second-order valence-electron chi connectivity index (χ2n) is 5.56. The van der Waals surface area contributed by atoms with Gasteiger partial charge in [0.05, 0.1) is 6.04 Å². The van der Waals surface area contributed by atoms with Crippen LogP contribution in [-0.2, 0) is 0 Å². The highest BCUT2D eigenvalue weighted by Crippen LogP contribution is 2.38. The van der Waals surface area contributed by atoms with E-state index in [9.17, 15) is 13.2 Å². The van der Waals surface area contributed by atoms with Crippen LogP contribution in [0.1, 0.15) is 42.9 Å². The van der Waals surface area contributed by atoms with Crippen LogP contribution in [0.4, 0.5) is 18.9 Å². The maximum atomic E-state index is 13.3. The van der Waals surface area contributed by atoms with E-state index in [1.165, 1.54) is 5.56 Å². The number of hydrogen-bond donors (Lipinski definition) is 1. The summed E-state index contributed by atoms with van der Waals surface area (Å²) in [5.41, 5.74) is 2.66. The van der Waals surface area contributed by atoms with Crippen LogP contribution in [0.5, 0.6) is 0 Å². The average Bonchev–Trinajstić information content (AvgIpc) is 2.48. The predicted octanol–water partition coefficient (Wildman–Crippen LogP) is 5.15. The van der Waals surface area contributed by atoms with Crippen molar-refractivity contribution in [2.75, 3.05) is 5.32 Å². The third kappa shape index (κ3) is 2.62. The minimum Gasteiger partial charge on any atom is -0.378 e. The van der Waals surface area contributed by atoms with Crippen molar-refractivity contribution < 1.29 is 13.2 Å². The lowest BCUT2D eigenvalue weighted by Crippen LogP contribution is -2.19. The summed E-state index contributed by atoms with van der Waals surface area (Å²) in [4.78, 5) is 0. The van der Waals surface area contributed by atoms with Crippen LogP contribution in [-0.4, -0.2) is 0 Å². The van der Waals surface area contributed by atoms with Crippen LogP contribution in [0, 0.1) is 17.5 Å². The molecule has 3 rings (SSSR count). The highest BCUT2D eigenvalue weighted by Gasteiger charge is 2.24. The summed E-state index contributed by atoms with van der Waals surface area (Å²) in [5, 5.41) is 3.12. The van der Waals surface area contributed by atoms with Gasteiger partial charge in [-0.05, 0) is 29.9 Å². The van der Waals surface area contributed by atoms with Crippen LogP contribution >= 0.6 is 0 Å². The molecule has 1 nitrogen and oxygen atoms in total. The summed E-state index contributed by atoms with van der Waals surface area (Å²) in [6.07, 6.45) is 1.87. The molecule has 4 heteroatoms. The lowest BCUT2D eigenvalue weighted by Gasteiger charge is -2.31. The summed E-state index contributed by atoms with van der Waals surface area (Å²) in [6, 6.07) is 10.0. The molecule has 0 saturated heterocycles. The first-order chi connectivity index (χ1) is 10.1. The standard InChI is InChI=1S/C17H16F3N/c1-10-6-7-16(13-5-3-2-4-12(10)13)21-11-8-14(18)17(20)15(19)9-11/h2-5,8-10,16,21H,6-7H2,1H3. The van der Waals surface area contributed by atoms with E-state index in [4.69, 9.17) is 0 Å². The van der Waals surface area contributed by atoms with E-state index in [2.05, 4.69) is 18.3 Å². The molecule has 0 aliphatic heterocycles. The maximum absolute atomic E-state index is 13.3. The molecule has 0 heterocycles. The highest BCUT2D eigenvalue weighted by atomic mass is 19.2. The Bertz CT molecular complexity index is 646. The van der Waals surface area contributed by atoms with Crippen molar-refractivity contribution in [3.05, 3.63) is 65.0 Å². The van der Waals surface area contributed by atoms with Gasteiger partial charge in [-0.3, -0.25) is 0 Å². The van der Waals surface area contributed by atoms with Gasteiger partial charge in [-0.25, -0.2) is 13.2 Å². The first-order valence-corrected chi connectivity index (χ1v) is 7.06. The minimum absolute atomic E-state index is 0.0124. The Balaban J connectivity index is 1.91. The van der Waals surface area contributed by atoms with Gasteiger partial charge in [0, 0.05) is 17.8 Å². The van der Waals surface area contributed by atoms with Crippen molar-refractivity contribution in [3.8, 4) is 0 Å². The monoisotopic (exact) mass is 291 g/mol. The Kier molecular flexibility index (Phi) is 3.62. The first kappa shape index (κ1) is 14.0. The normalized spacial score (nSPS) is 21.0. The Labute approximate surface area is 121 Å². The molecule has 0 bridgehead atoms. The molecule has 1 aliphatic carbocycles. The fraction of sp³-hybridized carbons (Fsp3) is 0.294. The van der Waals surface area contributed by atoms with Gasteiger partial charge in [-0.2, -0.15) is 0 Å². The number of fused-ring (bicyclic) bond motifs is 1. The molecule has 2 aromatic carbocycles. The molecule has 2 unspecified atom stereocenters. The molecule has 0 fully saturated rings. The Morgan fingerprint density at radius 2 is 1.57 bits per heavy atom. The number of benzene rings is 2. The molecule has 2 atom stereocenters. The van der Waals surface area contributed by atoms with Crippen molar-refractivity contribution in [3.63, 3.8) is 0 Å².